The number of rotatable bonds is 4. The van der Waals surface area contributed by atoms with Crippen LogP contribution in [0.2, 0.25) is 0 Å². The predicted molar refractivity (Wildman–Crippen MR) is 123 cm³/mol. The average molecular weight is 435 g/mol. The quantitative estimate of drug-likeness (QED) is 0.459. The first-order chi connectivity index (χ1) is 15.0. The van der Waals surface area contributed by atoms with Crippen LogP contribution < -0.4 is 11.2 Å². The number of aryl methyl sites for hydroxylation is 2. The van der Waals surface area contributed by atoms with Crippen LogP contribution in [0.3, 0.4) is 0 Å². The highest BCUT2D eigenvalue weighted by Crippen LogP contribution is 2.34. The van der Waals surface area contributed by atoms with Crippen LogP contribution in [0, 0.1) is 5.82 Å². The van der Waals surface area contributed by atoms with E-state index in [0.29, 0.717) is 11.9 Å². The first-order valence-corrected chi connectivity index (χ1v) is 11.4. The maximum atomic E-state index is 13.7. The third-order valence-corrected chi connectivity index (χ3v) is 7.51. The molecule has 0 saturated heterocycles. The lowest BCUT2D eigenvalue weighted by Crippen LogP contribution is -2.42. The fraction of sp³-hybridized carbons (Fsp3) is 0.280. The van der Waals surface area contributed by atoms with Crippen molar-refractivity contribution in [3.05, 3.63) is 103 Å². The van der Waals surface area contributed by atoms with Gasteiger partial charge in [0.05, 0.1) is 18.0 Å². The molecule has 0 amide bonds. The molecule has 4 aromatic rings. The minimum absolute atomic E-state index is 0.203. The molecule has 2 heterocycles. The van der Waals surface area contributed by atoms with Crippen LogP contribution in [-0.4, -0.2) is 9.13 Å². The van der Waals surface area contributed by atoms with Crippen molar-refractivity contribution in [2.75, 3.05) is 0 Å². The van der Waals surface area contributed by atoms with Gasteiger partial charge in [0, 0.05) is 4.88 Å². The first kappa shape index (κ1) is 19.9. The molecule has 0 radical (unpaired) electrons. The summed E-state index contributed by atoms with van der Waals surface area (Å²) < 4.78 is 16.5. The highest BCUT2D eigenvalue weighted by atomic mass is 32.1. The fourth-order valence-corrected chi connectivity index (χ4v) is 5.89. The minimum atomic E-state index is -0.385. The van der Waals surface area contributed by atoms with Crippen molar-refractivity contribution < 1.29 is 4.39 Å². The monoisotopic (exact) mass is 434 g/mol. The number of fused-ring (bicyclic) bond motifs is 3. The number of halogens is 1. The molecule has 0 N–H and O–H groups in total. The zero-order valence-electron chi connectivity index (χ0n) is 17.3. The van der Waals surface area contributed by atoms with Crippen molar-refractivity contribution in [1.29, 1.82) is 0 Å². The molecule has 1 aliphatic rings. The Morgan fingerprint density at radius 1 is 1.00 bits per heavy atom. The first-order valence-electron chi connectivity index (χ1n) is 10.6. The van der Waals surface area contributed by atoms with E-state index < -0.39 is 0 Å². The van der Waals surface area contributed by atoms with Gasteiger partial charge in [0.15, 0.2) is 0 Å². The Kier molecular flexibility index (Phi) is 5.10. The van der Waals surface area contributed by atoms with E-state index in [1.54, 1.807) is 28.0 Å². The summed E-state index contributed by atoms with van der Waals surface area (Å²) in [5.74, 6) is -0.310. The van der Waals surface area contributed by atoms with Gasteiger partial charge in [-0.2, -0.15) is 0 Å². The smallest absolute Gasteiger partial charge is 0.280 e. The van der Waals surface area contributed by atoms with Gasteiger partial charge in [-0.3, -0.25) is 13.9 Å². The van der Waals surface area contributed by atoms with E-state index in [1.165, 1.54) is 21.6 Å². The van der Waals surface area contributed by atoms with Crippen molar-refractivity contribution in [2.45, 2.75) is 45.2 Å². The molecular weight excluding hydrogens is 411 g/mol. The largest absolute Gasteiger partial charge is 0.332 e. The molecule has 0 fully saturated rings. The summed E-state index contributed by atoms with van der Waals surface area (Å²) in [6.45, 7) is 2.20. The van der Waals surface area contributed by atoms with Crippen molar-refractivity contribution in [3.63, 3.8) is 0 Å². The molecule has 0 bridgehead atoms. The highest BCUT2D eigenvalue weighted by Gasteiger charge is 2.25. The van der Waals surface area contributed by atoms with Crippen LogP contribution in [0.25, 0.3) is 10.2 Å². The zero-order chi connectivity index (χ0) is 21.5. The molecule has 31 heavy (non-hydrogen) atoms. The lowest BCUT2D eigenvalue weighted by molar-refractivity contribution is 0.551. The number of aromatic nitrogens is 2. The van der Waals surface area contributed by atoms with Crippen molar-refractivity contribution in [1.82, 2.24) is 9.13 Å². The van der Waals surface area contributed by atoms with Gasteiger partial charge in [-0.05, 0) is 61.4 Å². The normalized spacial score (nSPS) is 14.5. The van der Waals surface area contributed by atoms with Crippen molar-refractivity contribution >= 4 is 21.6 Å². The Morgan fingerprint density at radius 2 is 1.71 bits per heavy atom. The lowest BCUT2D eigenvalue weighted by Gasteiger charge is -2.18. The number of hydrogen-bond donors (Lipinski definition) is 0. The summed E-state index contributed by atoms with van der Waals surface area (Å²) in [6, 6.07) is 15.4. The topological polar surface area (TPSA) is 44.0 Å². The molecule has 1 aliphatic carbocycles. The number of hydrogen-bond acceptors (Lipinski definition) is 3. The van der Waals surface area contributed by atoms with Crippen molar-refractivity contribution in [3.8, 4) is 0 Å². The third kappa shape index (κ3) is 3.45. The van der Waals surface area contributed by atoms with E-state index in [9.17, 15) is 14.0 Å². The Bertz CT molecular complexity index is 1370. The lowest BCUT2D eigenvalue weighted by atomic mass is 9.97. The van der Waals surface area contributed by atoms with E-state index >= 15 is 0 Å². The standard InChI is InChI=1S/C25H23FN2O2S/c1-16(18-7-3-2-4-8-18)28-23(29)22-20-9-5-6-10-21(20)31-24(22)27(25(28)30)15-17-11-13-19(26)14-12-17/h2-4,7-8,11-14,16H,5-6,9-10,15H2,1H3. The Balaban J connectivity index is 1.78. The summed E-state index contributed by atoms with van der Waals surface area (Å²) in [4.78, 5) is 29.3. The SMILES string of the molecule is CC(c1ccccc1)n1c(=O)c2c3c(sc2n(Cc2ccc(F)cc2)c1=O)CCCC3. The van der Waals surface area contributed by atoms with Gasteiger partial charge in [0.2, 0.25) is 0 Å². The molecule has 5 rings (SSSR count). The van der Waals surface area contributed by atoms with Gasteiger partial charge >= 0.3 is 5.69 Å². The van der Waals surface area contributed by atoms with E-state index in [1.807, 2.05) is 37.3 Å². The van der Waals surface area contributed by atoms with Gasteiger partial charge in [-0.1, -0.05) is 42.5 Å². The van der Waals surface area contributed by atoms with Gasteiger partial charge in [-0.25, -0.2) is 9.18 Å². The molecule has 158 valence electrons. The Hall–Kier alpha value is -2.99. The van der Waals surface area contributed by atoms with Gasteiger partial charge in [-0.15, -0.1) is 11.3 Å². The zero-order valence-corrected chi connectivity index (χ0v) is 18.1. The maximum absolute atomic E-state index is 13.7. The molecule has 6 heteroatoms. The fourth-order valence-electron chi connectivity index (χ4n) is 4.52. The second-order valence-corrected chi connectivity index (χ2v) is 9.23. The molecule has 4 nitrogen and oxygen atoms in total. The van der Waals surface area contributed by atoms with Crippen LogP contribution in [0.15, 0.2) is 64.2 Å². The number of thiophene rings is 1. The molecule has 0 saturated carbocycles. The number of benzene rings is 2. The second-order valence-electron chi connectivity index (χ2n) is 8.15. The maximum Gasteiger partial charge on any atom is 0.332 e. The molecule has 0 spiro atoms. The molecule has 2 aromatic heterocycles. The Morgan fingerprint density at radius 3 is 2.45 bits per heavy atom. The molecule has 0 aliphatic heterocycles. The molecular formula is C25H23FN2O2S. The van der Waals surface area contributed by atoms with Gasteiger partial charge < -0.3 is 0 Å². The minimum Gasteiger partial charge on any atom is -0.280 e. The third-order valence-electron chi connectivity index (χ3n) is 6.19. The van der Waals surface area contributed by atoms with Crippen LogP contribution in [0.1, 0.15) is 47.4 Å². The van der Waals surface area contributed by atoms with Crippen LogP contribution in [0.5, 0.6) is 0 Å². The van der Waals surface area contributed by atoms with Crippen LogP contribution in [-0.2, 0) is 19.4 Å². The number of nitrogens with zero attached hydrogens (tertiary/aromatic N) is 2. The van der Waals surface area contributed by atoms with Crippen LogP contribution in [0.4, 0.5) is 4.39 Å². The summed E-state index contributed by atoms with van der Waals surface area (Å²) >= 11 is 1.57. The highest BCUT2D eigenvalue weighted by molar-refractivity contribution is 7.18. The second kappa shape index (κ2) is 7.93. The van der Waals surface area contributed by atoms with Gasteiger partial charge in [0.1, 0.15) is 10.6 Å². The summed E-state index contributed by atoms with van der Waals surface area (Å²) in [5, 5.41) is 0.684. The van der Waals surface area contributed by atoms with E-state index in [-0.39, 0.29) is 23.1 Å². The van der Waals surface area contributed by atoms with E-state index in [0.717, 1.165) is 47.2 Å². The summed E-state index contributed by atoms with van der Waals surface area (Å²) in [6.07, 6.45) is 3.99. The summed E-state index contributed by atoms with van der Waals surface area (Å²) in [7, 11) is 0. The van der Waals surface area contributed by atoms with Crippen LogP contribution >= 0.6 is 11.3 Å². The molecule has 2 aromatic carbocycles. The average Bonchev–Trinajstić information content (AvgIpc) is 3.18. The van der Waals surface area contributed by atoms with Gasteiger partial charge in [0.25, 0.3) is 5.56 Å². The summed E-state index contributed by atoms with van der Waals surface area (Å²) in [5.41, 5.74) is 2.33. The van der Waals surface area contributed by atoms with E-state index in [4.69, 9.17) is 0 Å². The van der Waals surface area contributed by atoms with Crippen molar-refractivity contribution in [2.24, 2.45) is 0 Å². The molecule has 1 atom stereocenters. The predicted octanol–water partition coefficient (Wildman–Crippen LogP) is 4.90. The molecule has 1 unspecified atom stereocenters. The Labute approximate surface area is 183 Å². The van der Waals surface area contributed by atoms with E-state index in [2.05, 4.69) is 0 Å².